The average Bonchev–Trinajstić information content (AvgIpc) is 2.56. The standard InChI is InChI=1S/C18H28N2O3S/c1-5-6-13-20(4)18(21)17(15(2)3)19-24(22,23)14-12-16-10-8-7-9-11-16/h7-12,14-15,17,19H,5-6,13H2,1-4H3/b14-12+. The van der Waals surface area contributed by atoms with Crippen molar-refractivity contribution >= 4 is 22.0 Å². The fraction of sp³-hybridized carbons (Fsp3) is 0.500. The minimum atomic E-state index is -3.70. The Bertz CT molecular complexity index is 639. The molecule has 0 fully saturated rings. The summed E-state index contributed by atoms with van der Waals surface area (Å²) < 4.78 is 27.1. The number of amides is 1. The summed E-state index contributed by atoms with van der Waals surface area (Å²) in [6.45, 7) is 6.34. The number of likely N-dealkylation sites (N-methyl/N-ethyl adjacent to an activating group) is 1. The minimum Gasteiger partial charge on any atom is -0.344 e. The van der Waals surface area contributed by atoms with Gasteiger partial charge in [-0.3, -0.25) is 4.79 Å². The second-order valence-corrected chi connectivity index (χ2v) is 7.81. The van der Waals surface area contributed by atoms with Gasteiger partial charge in [-0.2, -0.15) is 4.72 Å². The van der Waals surface area contributed by atoms with Crippen LogP contribution in [-0.2, 0) is 14.8 Å². The average molecular weight is 353 g/mol. The summed E-state index contributed by atoms with van der Waals surface area (Å²) >= 11 is 0. The van der Waals surface area contributed by atoms with Crippen molar-refractivity contribution in [2.45, 2.75) is 39.7 Å². The van der Waals surface area contributed by atoms with Crippen molar-refractivity contribution < 1.29 is 13.2 Å². The van der Waals surface area contributed by atoms with Gasteiger partial charge in [0.1, 0.15) is 6.04 Å². The Hall–Kier alpha value is -1.66. The second kappa shape index (κ2) is 9.59. The van der Waals surface area contributed by atoms with Crippen molar-refractivity contribution in [3.05, 3.63) is 41.3 Å². The summed E-state index contributed by atoms with van der Waals surface area (Å²) in [5, 5.41) is 1.11. The van der Waals surface area contributed by atoms with Crippen molar-refractivity contribution in [1.29, 1.82) is 0 Å². The number of nitrogens with one attached hydrogen (secondary N) is 1. The molecule has 0 aliphatic carbocycles. The lowest BCUT2D eigenvalue weighted by molar-refractivity contribution is -0.132. The molecule has 0 aliphatic rings. The largest absolute Gasteiger partial charge is 0.344 e. The van der Waals surface area contributed by atoms with Crippen LogP contribution in [0.2, 0.25) is 0 Å². The van der Waals surface area contributed by atoms with Crippen LogP contribution in [-0.4, -0.2) is 38.9 Å². The predicted octanol–water partition coefficient (Wildman–Crippen LogP) is 2.86. The summed E-state index contributed by atoms with van der Waals surface area (Å²) in [4.78, 5) is 14.1. The van der Waals surface area contributed by atoms with Crippen LogP contribution >= 0.6 is 0 Å². The lowest BCUT2D eigenvalue weighted by Gasteiger charge is -2.26. The highest BCUT2D eigenvalue weighted by Crippen LogP contribution is 2.10. The van der Waals surface area contributed by atoms with Gasteiger partial charge in [0, 0.05) is 19.0 Å². The first-order chi connectivity index (χ1) is 11.3. The van der Waals surface area contributed by atoms with Crippen molar-refractivity contribution in [2.24, 2.45) is 5.92 Å². The van der Waals surface area contributed by atoms with E-state index in [0.29, 0.717) is 6.54 Å². The maximum Gasteiger partial charge on any atom is 0.240 e. The first-order valence-corrected chi connectivity index (χ1v) is 9.82. The van der Waals surface area contributed by atoms with E-state index in [1.54, 1.807) is 11.9 Å². The van der Waals surface area contributed by atoms with Gasteiger partial charge in [-0.25, -0.2) is 8.42 Å². The Kier molecular flexibility index (Phi) is 8.15. The van der Waals surface area contributed by atoms with Gasteiger partial charge in [0.25, 0.3) is 0 Å². The van der Waals surface area contributed by atoms with Crippen LogP contribution in [0.3, 0.4) is 0 Å². The molecule has 1 atom stereocenters. The Morgan fingerprint density at radius 2 is 1.88 bits per heavy atom. The van der Waals surface area contributed by atoms with Gasteiger partial charge in [-0.1, -0.05) is 57.5 Å². The molecule has 0 heterocycles. The molecule has 0 saturated heterocycles. The Morgan fingerprint density at radius 3 is 2.42 bits per heavy atom. The molecule has 0 bridgehead atoms. The van der Waals surface area contributed by atoms with Crippen molar-refractivity contribution in [3.63, 3.8) is 0 Å². The van der Waals surface area contributed by atoms with Gasteiger partial charge < -0.3 is 4.90 Å². The van der Waals surface area contributed by atoms with Crippen LogP contribution < -0.4 is 4.72 Å². The second-order valence-electron chi connectivity index (χ2n) is 6.21. The van der Waals surface area contributed by atoms with E-state index in [-0.39, 0.29) is 11.8 Å². The molecule has 1 unspecified atom stereocenters. The first-order valence-electron chi connectivity index (χ1n) is 8.27. The van der Waals surface area contributed by atoms with E-state index in [0.717, 1.165) is 23.8 Å². The number of hydrogen-bond acceptors (Lipinski definition) is 3. The summed E-state index contributed by atoms with van der Waals surface area (Å²) in [5.41, 5.74) is 0.787. The van der Waals surface area contributed by atoms with E-state index < -0.39 is 16.1 Å². The number of sulfonamides is 1. The van der Waals surface area contributed by atoms with E-state index in [1.165, 1.54) is 6.08 Å². The molecule has 0 saturated carbocycles. The molecule has 0 aliphatic heterocycles. The SMILES string of the molecule is CCCCN(C)C(=O)C(NS(=O)(=O)/C=C/c1ccccc1)C(C)C. The number of carbonyl (C=O) groups excluding carboxylic acids is 1. The Balaban J connectivity index is 2.83. The van der Waals surface area contributed by atoms with Crippen LogP contribution in [0.25, 0.3) is 6.08 Å². The lowest BCUT2D eigenvalue weighted by atomic mass is 10.0. The maximum atomic E-state index is 12.5. The third-order valence-corrected chi connectivity index (χ3v) is 4.76. The zero-order valence-electron chi connectivity index (χ0n) is 14.9. The van der Waals surface area contributed by atoms with Crippen molar-refractivity contribution in [3.8, 4) is 0 Å². The van der Waals surface area contributed by atoms with E-state index in [2.05, 4.69) is 11.6 Å². The molecule has 24 heavy (non-hydrogen) atoms. The van der Waals surface area contributed by atoms with Gasteiger partial charge in [-0.15, -0.1) is 0 Å². The molecule has 5 nitrogen and oxygen atoms in total. The molecular weight excluding hydrogens is 324 g/mol. The highest BCUT2D eigenvalue weighted by molar-refractivity contribution is 7.92. The number of unbranched alkanes of at least 4 members (excludes halogenated alkanes) is 1. The Morgan fingerprint density at radius 1 is 1.25 bits per heavy atom. The van der Waals surface area contributed by atoms with Crippen LogP contribution in [0.5, 0.6) is 0 Å². The fourth-order valence-corrected chi connectivity index (χ4v) is 3.30. The zero-order chi connectivity index (χ0) is 18.2. The molecule has 6 heteroatoms. The summed E-state index contributed by atoms with van der Waals surface area (Å²) in [6.07, 6.45) is 3.40. The Labute approximate surface area is 145 Å². The highest BCUT2D eigenvalue weighted by atomic mass is 32.2. The minimum absolute atomic E-state index is 0.138. The number of hydrogen-bond donors (Lipinski definition) is 1. The van der Waals surface area contributed by atoms with Crippen LogP contribution in [0.15, 0.2) is 35.7 Å². The molecule has 1 rings (SSSR count). The quantitative estimate of drug-likeness (QED) is 0.743. The molecule has 134 valence electrons. The first kappa shape index (κ1) is 20.4. The van der Waals surface area contributed by atoms with Gasteiger partial charge in [0.15, 0.2) is 0 Å². The molecule has 0 aromatic heterocycles. The molecule has 1 amide bonds. The van der Waals surface area contributed by atoms with Crippen molar-refractivity contribution in [2.75, 3.05) is 13.6 Å². The predicted molar refractivity (Wildman–Crippen MR) is 98.7 cm³/mol. The van der Waals surface area contributed by atoms with Crippen molar-refractivity contribution in [1.82, 2.24) is 9.62 Å². The normalized spacial score (nSPS) is 13.4. The summed E-state index contributed by atoms with van der Waals surface area (Å²) in [5.74, 6) is -0.336. The van der Waals surface area contributed by atoms with Gasteiger partial charge in [0.2, 0.25) is 15.9 Å². The zero-order valence-corrected chi connectivity index (χ0v) is 15.7. The van der Waals surface area contributed by atoms with Crippen LogP contribution in [0, 0.1) is 5.92 Å². The van der Waals surface area contributed by atoms with E-state index >= 15 is 0 Å². The molecule has 0 spiro atoms. The fourth-order valence-electron chi connectivity index (χ4n) is 2.16. The van der Waals surface area contributed by atoms with Gasteiger partial charge >= 0.3 is 0 Å². The summed E-state index contributed by atoms with van der Waals surface area (Å²) in [6, 6.07) is 8.40. The number of carbonyl (C=O) groups is 1. The molecule has 0 radical (unpaired) electrons. The van der Waals surface area contributed by atoms with E-state index in [4.69, 9.17) is 0 Å². The molecule has 1 aromatic rings. The van der Waals surface area contributed by atoms with Crippen LogP contribution in [0.1, 0.15) is 39.2 Å². The third kappa shape index (κ3) is 6.84. The highest BCUT2D eigenvalue weighted by Gasteiger charge is 2.28. The molecule has 1 N–H and O–H groups in total. The monoisotopic (exact) mass is 352 g/mol. The number of benzene rings is 1. The molecule has 1 aromatic carbocycles. The number of rotatable bonds is 9. The van der Waals surface area contributed by atoms with Gasteiger partial charge in [0.05, 0.1) is 0 Å². The lowest BCUT2D eigenvalue weighted by Crippen LogP contribution is -2.49. The molecular formula is C18H28N2O3S. The topological polar surface area (TPSA) is 66.5 Å². The van der Waals surface area contributed by atoms with E-state index in [9.17, 15) is 13.2 Å². The van der Waals surface area contributed by atoms with E-state index in [1.807, 2.05) is 44.2 Å². The smallest absolute Gasteiger partial charge is 0.240 e. The number of nitrogens with zero attached hydrogens (tertiary/aromatic N) is 1. The summed E-state index contributed by atoms with van der Waals surface area (Å²) in [7, 11) is -1.99. The van der Waals surface area contributed by atoms with Gasteiger partial charge in [-0.05, 0) is 24.0 Å². The van der Waals surface area contributed by atoms with Crippen LogP contribution in [0.4, 0.5) is 0 Å². The maximum absolute atomic E-state index is 12.5. The third-order valence-electron chi connectivity index (χ3n) is 3.69.